The molecule has 1 aliphatic rings. The molecule has 0 unspecified atom stereocenters. The molecule has 120 valence electrons. The third kappa shape index (κ3) is 2.97. The minimum Gasteiger partial charge on any atom is -0.384 e. The van der Waals surface area contributed by atoms with Crippen LogP contribution in [0.2, 0.25) is 0 Å². The maximum Gasteiger partial charge on any atom is 0.216 e. The van der Waals surface area contributed by atoms with E-state index in [1.807, 2.05) is 18.3 Å². The number of ether oxygens (including phenoxy) is 1. The van der Waals surface area contributed by atoms with Crippen LogP contribution in [0.1, 0.15) is 0 Å². The molecule has 22 heavy (non-hydrogen) atoms. The van der Waals surface area contributed by atoms with Gasteiger partial charge in [0.05, 0.1) is 12.4 Å². The lowest BCUT2D eigenvalue weighted by molar-refractivity contribution is 0.215. The van der Waals surface area contributed by atoms with Crippen LogP contribution in [0.25, 0.3) is 10.9 Å². The maximum absolute atomic E-state index is 12.2. The van der Waals surface area contributed by atoms with Crippen molar-refractivity contribution >= 4 is 26.6 Å². The Hall–Kier alpha value is -1.57. The fourth-order valence-corrected chi connectivity index (χ4v) is 4.22. The minimum absolute atomic E-state index is 0.0525. The summed E-state index contributed by atoms with van der Waals surface area (Å²) in [5, 5.41) is 1.18. The van der Waals surface area contributed by atoms with Crippen LogP contribution >= 0.6 is 0 Å². The monoisotopic (exact) mass is 323 g/mol. The summed E-state index contributed by atoms with van der Waals surface area (Å²) in [4.78, 5) is 5.46. The quantitative estimate of drug-likeness (QED) is 0.900. The van der Waals surface area contributed by atoms with E-state index in [-0.39, 0.29) is 12.4 Å². The van der Waals surface area contributed by atoms with Crippen molar-refractivity contribution in [3.8, 4) is 0 Å². The molecule has 3 rings (SSSR count). The summed E-state index contributed by atoms with van der Waals surface area (Å²) in [7, 11) is -1.69. The first-order valence-electron chi connectivity index (χ1n) is 7.39. The van der Waals surface area contributed by atoms with Gasteiger partial charge in [-0.2, -0.15) is 4.31 Å². The largest absolute Gasteiger partial charge is 0.384 e. The van der Waals surface area contributed by atoms with E-state index in [0.717, 1.165) is 11.2 Å². The number of nitrogens with one attached hydrogen (secondary N) is 1. The van der Waals surface area contributed by atoms with E-state index in [1.54, 1.807) is 4.31 Å². The van der Waals surface area contributed by atoms with Gasteiger partial charge in [-0.3, -0.25) is 0 Å². The lowest BCUT2D eigenvalue weighted by Gasteiger charge is -2.35. The standard InChI is InChI=1S/C15H21N3O3S/c1-21-11-12-22(19,20)18-9-7-17(8-10-18)15-4-2-3-14-13(15)5-6-16-14/h2-6,16H,7-12H2,1H3. The number of hydrogen-bond donors (Lipinski definition) is 1. The van der Waals surface area contributed by atoms with Gasteiger partial charge in [-0.25, -0.2) is 8.42 Å². The third-order valence-corrected chi connectivity index (χ3v) is 5.92. The fraction of sp³-hybridized carbons (Fsp3) is 0.467. The SMILES string of the molecule is COCCS(=O)(=O)N1CCN(c2cccc3[nH]ccc23)CC1. The topological polar surface area (TPSA) is 65.6 Å². The molecule has 0 aliphatic carbocycles. The summed E-state index contributed by atoms with van der Waals surface area (Å²) in [5.74, 6) is 0.0525. The van der Waals surface area contributed by atoms with Crippen molar-refractivity contribution in [1.29, 1.82) is 0 Å². The zero-order valence-electron chi connectivity index (χ0n) is 12.7. The molecule has 1 N–H and O–H groups in total. The Bertz CT molecular complexity index is 733. The average molecular weight is 323 g/mol. The Morgan fingerprint density at radius 1 is 1.18 bits per heavy atom. The third-order valence-electron chi connectivity index (χ3n) is 4.09. The second-order valence-electron chi connectivity index (χ2n) is 5.41. The Morgan fingerprint density at radius 3 is 2.68 bits per heavy atom. The fourth-order valence-electron chi connectivity index (χ4n) is 2.87. The van der Waals surface area contributed by atoms with Crippen molar-refractivity contribution in [3.63, 3.8) is 0 Å². The van der Waals surface area contributed by atoms with Crippen LogP contribution in [-0.2, 0) is 14.8 Å². The molecule has 0 radical (unpaired) electrons. The molecule has 1 fully saturated rings. The van der Waals surface area contributed by atoms with E-state index in [4.69, 9.17) is 4.74 Å². The van der Waals surface area contributed by atoms with Crippen molar-refractivity contribution in [2.45, 2.75) is 0 Å². The summed E-state index contributed by atoms with van der Waals surface area (Å²) < 4.78 is 30.8. The maximum atomic E-state index is 12.2. The molecule has 1 aliphatic heterocycles. The summed E-state index contributed by atoms with van der Waals surface area (Å²) >= 11 is 0. The predicted molar refractivity (Wildman–Crippen MR) is 87.7 cm³/mol. The first kappa shape index (κ1) is 15.3. The van der Waals surface area contributed by atoms with Crippen molar-refractivity contribution in [2.24, 2.45) is 0 Å². The van der Waals surface area contributed by atoms with Gasteiger partial charge in [0, 0.05) is 56.1 Å². The van der Waals surface area contributed by atoms with Crippen LogP contribution in [0.15, 0.2) is 30.5 Å². The lowest BCUT2D eigenvalue weighted by Crippen LogP contribution is -2.49. The van der Waals surface area contributed by atoms with Crippen LogP contribution < -0.4 is 4.90 Å². The minimum atomic E-state index is -3.21. The highest BCUT2D eigenvalue weighted by atomic mass is 32.2. The Morgan fingerprint density at radius 2 is 1.95 bits per heavy atom. The molecule has 0 atom stereocenters. The van der Waals surface area contributed by atoms with E-state index in [2.05, 4.69) is 22.0 Å². The molecule has 0 saturated carbocycles. The molecule has 0 amide bonds. The number of anilines is 1. The van der Waals surface area contributed by atoms with Crippen LogP contribution in [-0.4, -0.2) is 63.4 Å². The molecule has 1 aromatic heterocycles. The summed E-state index contributed by atoms with van der Waals surface area (Å²) in [5.41, 5.74) is 2.26. The van der Waals surface area contributed by atoms with Crippen molar-refractivity contribution in [3.05, 3.63) is 30.5 Å². The Balaban J connectivity index is 1.71. The number of nitrogens with zero attached hydrogens (tertiary/aromatic N) is 2. The zero-order chi connectivity index (χ0) is 15.6. The zero-order valence-corrected chi connectivity index (χ0v) is 13.5. The van der Waals surface area contributed by atoms with Crippen LogP contribution in [0.4, 0.5) is 5.69 Å². The summed E-state index contributed by atoms with van der Waals surface area (Å²) in [6.45, 7) is 2.69. The summed E-state index contributed by atoms with van der Waals surface area (Å²) in [6, 6.07) is 8.22. The number of piperazine rings is 1. The number of sulfonamides is 1. The van der Waals surface area contributed by atoms with Gasteiger partial charge in [0.1, 0.15) is 0 Å². The predicted octanol–water partition coefficient (Wildman–Crippen LogP) is 1.27. The Kier molecular flexibility index (Phi) is 4.37. The number of hydrogen-bond acceptors (Lipinski definition) is 4. The van der Waals surface area contributed by atoms with E-state index in [9.17, 15) is 8.42 Å². The van der Waals surface area contributed by atoms with Crippen LogP contribution in [0.5, 0.6) is 0 Å². The molecule has 1 aromatic carbocycles. The van der Waals surface area contributed by atoms with E-state index in [1.165, 1.54) is 12.5 Å². The second-order valence-corrected chi connectivity index (χ2v) is 7.50. The molecule has 1 saturated heterocycles. The molecular formula is C15H21N3O3S. The lowest BCUT2D eigenvalue weighted by atomic mass is 10.2. The van der Waals surface area contributed by atoms with Crippen LogP contribution in [0, 0.1) is 0 Å². The number of aromatic nitrogens is 1. The number of benzene rings is 1. The number of rotatable bonds is 5. The van der Waals surface area contributed by atoms with Gasteiger partial charge in [-0.05, 0) is 18.2 Å². The van der Waals surface area contributed by atoms with Crippen molar-refractivity contribution < 1.29 is 13.2 Å². The highest BCUT2D eigenvalue weighted by molar-refractivity contribution is 7.89. The number of methoxy groups -OCH3 is 1. The average Bonchev–Trinajstić information content (AvgIpc) is 3.01. The summed E-state index contributed by atoms with van der Waals surface area (Å²) in [6.07, 6.45) is 1.93. The van der Waals surface area contributed by atoms with Gasteiger partial charge >= 0.3 is 0 Å². The van der Waals surface area contributed by atoms with Gasteiger partial charge in [0.15, 0.2) is 0 Å². The first-order valence-corrected chi connectivity index (χ1v) is 9.00. The van der Waals surface area contributed by atoms with E-state index < -0.39 is 10.0 Å². The molecule has 2 aromatic rings. The second kappa shape index (κ2) is 6.28. The number of fused-ring (bicyclic) bond motifs is 1. The van der Waals surface area contributed by atoms with E-state index >= 15 is 0 Å². The highest BCUT2D eigenvalue weighted by Gasteiger charge is 2.27. The molecule has 7 heteroatoms. The van der Waals surface area contributed by atoms with Gasteiger partial charge in [-0.1, -0.05) is 6.07 Å². The molecule has 6 nitrogen and oxygen atoms in total. The van der Waals surface area contributed by atoms with Gasteiger partial charge in [0.25, 0.3) is 0 Å². The van der Waals surface area contributed by atoms with Gasteiger partial charge in [0.2, 0.25) is 10.0 Å². The van der Waals surface area contributed by atoms with Crippen LogP contribution in [0.3, 0.4) is 0 Å². The molecule has 2 heterocycles. The van der Waals surface area contributed by atoms with Gasteiger partial charge < -0.3 is 14.6 Å². The highest BCUT2D eigenvalue weighted by Crippen LogP contribution is 2.27. The van der Waals surface area contributed by atoms with Gasteiger partial charge in [-0.15, -0.1) is 0 Å². The van der Waals surface area contributed by atoms with Crippen molar-refractivity contribution in [1.82, 2.24) is 9.29 Å². The molecule has 0 spiro atoms. The number of H-pyrrole nitrogens is 1. The Labute approximate surface area is 130 Å². The molecule has 0 bridgehead atoms. The number of aromatic amines is 1. The van der Waals surface area contributed by atoms with E-state index in [0.29, 0.717) is 26.2 Å². The van der Waals surface area contributed by atoms with Crippen molar-refractivity contribution in [2.75, 3.05) is 50.5 Å². The molecular weight excluding hydrogens is 302 g/mol. The smallest absolute Gasteiger partial charge is 0.216 e. The first-order chi connectivity index (χ1) is 10.6. The normalized spacial score (nSPS) is 17.2.